The number of H-pyrrole nitrogens is 1. The molecule has 2 heterocycles. The first-order valence-corrected chi connectivity index (χ1v) is 6.23. The Morgan fingerprint density at radius 2 is 2.53 bits per heavy atom. The van der Waals surface area contributed by atoms with Gasteiger partial charge in [0.15, 0.2) is 0 Å². The van der Waals surface area contributed by atoms with Crippen molar-refractivity contribution in [3.8, 4) is 0 Å². The molecule has 0 radical (unpaired) electrons. The molecule has 1 aliphatic heterocycles. The number of aromatic nitrogens is 2. The molecule has 0 aliphatic carbocycles. The van der Waals surface area contributed by atoms with Crippen molar-refractivity contribution in [3.05, 3.63) is 22.2 Å². The molecule has 17 heavy (non-hydrogen) atoms. The predicted molar refractivity (Wildman–Crippen MR) is 66.3 cm³/mol. The number of nitrogens with one attached hydrogen (secondary N) is 2. The fourth-order valence-electron chi connectivity index (χ4n) is 2.00. The van der Waals surface area contributed by atoms with Crippen molar-refractivity contribution in [1.82, 2.24) is 9.97 Å². The minimum atomic E-state index is -0.100. The van der Waals surface area contributed by atoms with Crippen LogP contribution in [0.25, 0.3) is 0 Å². The van der Waals surface area contributed by atoms with Gasteiger partial charge in [0.25, 0.3) is 5.56 Å². The lowest BCUT2D eigenvalue weighted by atomic mass is 10.2. The summed E-state index contributed by atoms with van der Waals surface area (Å²) in [5.74, 6) is 1.38. The third-order valence-electron chi connectivity index (χ3n) is 2.92. The minimum absolute atomic E-state index is 0.100. The Balaban J connectivity index is 1.85. The minimum Gasteiger partial charge on any atom is -0.378 e. The summed E-state index contributed by atoms with van der Waals surface area (Å²) in [6, 6.07) is 1.49. The van der Waals surface area contributed by atoms with E-state index in [9.17, 15) is 4.79 Å². The Morgan fingerprint density at radius 3 is 3.24 bits per heavy atom. The SMILES string of the molecule is CCc1nc(NCCC2CCCO2)cc(=O)[nH]1. The molecule has 1 fully saturated rings. The lowest BCUT2D eigenvalue weighted by molar-refractivity contribution is 0.107. The smallest absolute Gasteiger partial charge is 0.252 e. The second-order valence-corrected chi connectivity index (χ2v) is 4.28. The topological polar surface area (TPSA) is 67.0 Å². The highest BCUT2D eigenvalue weighted by atomic mass is 16.5. The second kappa shape index (κ2) is 5.82. The van der Waals surface area contributed by atoms with Gasteiger partial charge in [0, 0.05) is 25.6 Å². The monoisotopic (exact) mass is 237 g/mol. The molecule has 0 bridgehead atoms. The van der Waals surface area contributed by atoms with Crippen LogP contribution in [0.5, 0.6) is 0 Å². The van der Waals surface area contributed by atoms with Crippen LogP contribution in [0.15, 0.2) is 10.9 Å². The van der Waals surface area contributed by atoms with E-state index in [4.69, 9.17) is 4.74 Å². The molecule has 1 aromatic heterocycles. The predicted octanol–water partition coefficient (Wildman–Crippen LogP) is 1.31. The highest BCUT2D eigenvalue weighted by Gasteiger charge is 2.14. The van der Waals surface area contributed by atoms with Gasteiger partial charge in [0.1, 0.15) is 11.6 Å². The van der Waals surface area contributed by atoms with Gasteiger partial charge in [-0.05, 0) is 19.3 Å². The molecule has 5 heteroatoms. The quantitative estimate of drug-likeness (QED) is 0.810. The van der Waals surface area contributed by atoms with Gasteiger partial charge >= 0.3 is 0 Å². The average Bonchev–Trinajstić information content (AvgIpc) is 2.81. The number of ether oxygens (including phenoxy) is 1. The molecule has 5 nitrogen and oxygen atoms in total. The van der Waals surface area contributed by atoms with Crippen LogP contribution in [0.4, 0.5) is 5.82 Å². The first kappa shape index (κ1) is 12.1. The molecule has 0 spiro atoms. The molecule has 2 N–H and O–H groups in total. The second-order valence-electron chi connectivity index (χ2n) is 4.28. The summed E-state index contributed by atoms with van der Waals surface area (Å²) in [6.45, 7) is 3.65. The number of hydrogen-bond acceptors (Lipinski definition) is 4. The van der Waals surface area contributed by atoms with E-state index in [1.54, 1.807) is 0 Å². The van der Waals surface area contributed by atoms with Gasteiger partial charge in [-0.2, -0.15) is 0 Å². The van der Waals surface area contributed by atoms with E-state index in [0.29, 0.717) is 11.9 Å². The lowest BCUT2D eigenvalue weighted by Gasteiger charge is -2.10. The zero-order valence-electron chi connectivity index (χ0n) is 10.2. The Morgan fingerprint density at radius 1 is 1.65 bits per heavy atom. The highest BCUT2D eigenvalue weighted by Crippen LogP contribution is 2.15. The molecule has 0 aromatic carbocycles. The molecule has 1 aliphatic rings. The maximum Gasteiger partial charge on any atom is 0.252 e. The molecular formula is C12H19N3O2. The van der Waals surface area contributed by atoms with Crippen molar-refractivity contribution in [2.75, 3.05) is 18.5 Å². The van der Waals surface area contributed by atoms with Crippen molar-refractivity contribution in [2.45, 2.75) is 38.7 Å². The van der Waals surface area contributed by atoms with Crippen molar-refractivity contribution in [3.63, 3.8) is 0 Å². The van der Waals surface area contributed by atoms with Gasteiger partial charge in [-0.3, -0.25) is 4.79 Å². The molecular weight excluding hydrogens is 218 g/mol. The molecule has 1 aromatic rings. The summed E-state index contributed by atoms with van der Waals surface area (Å²) in [4.78, 5) is 18.3. The van der Waals surface area contributed by atoms with E-state index in [2.05, 4.69) is 15.3 Å². The number of rotatable bonds is 5. The van der Waals surface area contributed by atoms with Gasteiger partial charge in [0.05, 0.1) is 6.10 Å². The molecule has 0 saturated carbocycles. The molecule has 94 valence electrons. The first-order chi connectivity index (χ1) is 8.28. The average molecular weight is 237 g/mol. The van der Waals surface area contributed by atoms with Crippen LogP contribution in [-0.4, -0.2) is 29.2 Å². The third-order valence-corrected chi connectivity index (χ3v) is 2.92. The fourth-order valence-corrected chi connectivity index (χ4v) is 2.00. The van der Waals surface area contributed by atoms with Gasteiger partial charge in [0.2, 0.25) is 0 Å². The number of anilines is 1. The van der Waals surface area contributed by atoms with Gasteiger partial charge in [-0.15, -0.1) is 0 Å². The standard InChI is InChI=1S/C12H19N3O2/c1-2-10-14-11(8-12(16)15-10)13-6-5-9-4-3-7-17-9/h8-9H,2-7H2,1H3,(H2,13,14,15,16). The van der Waals surface area contributed by atoms with Crippen LogP contribution in [0.3, 0.4) is 0 Å². The molecule has 2 rings (SSSR count). The van der Waals surface area contributed by atoms with E-state index in [1.165, 1.54) is 6.07 Å². The van der Waals surface area contributed by atoms with Crippen molar-refractivity contribution in [2.24, 2.45) is 0 Å². The molecule has 0 amide bonds. The third kappa shape index (κ3) is 3.56. The Bertz CT molecular complexity index is 410. The summed E-state index contributed by atoms with van der Waals surface area (Å²) in [6.07, 6.45) is 4.38. The van der Waals surface area contributed by atoms with Gasteiger partial charge in [-0.1, -0.05) is 6.92 Å². The van der Waals surface area contributed by atoms with Crippen LogP contribution in [0.1, 0.15) is 32.0 Å². The van der Waals surface area contributed by atoms with E-state index in [1.807, 2.05) is 6.92 Å². The molecule has 1 unspecified atom stereocenters. The van der Waals surface area contributed by atoms with Crippen molar-refractivity contribution >= 4 is 5.82 Å². The summed E-state index contributed by atoms with van der Waals surface area (Å²) in [5.41, 5.74) is -0.100. The number of nitrogens with zero attached hydrogens (tertiary/aromatic N) is 1. The largest absolute Gasteiger partial charge is 0.378 e. The molecule has 1 saturated heterocycles. The van der Waals surface area contributed by atoms with E-state index < -0.39 is 0 Å². The number of hydrogen-bond donors (Lipinski definition) is 2. The van der Waals surface area contributed by atoms with Crippen LogP contribution in [0, 0.1) is 0 Å². The van der Waals surface area contributed by atoms with Crippen molar-refractivity contribution < 1.29 is 4.74 Å². The number of aromatic amines is 1. The normalized spacial score (nSPS) is 19.5. The maximum absolute atomic E-state index is 11.3. The van der Waals surface area contributed by atoms with Crippen LogP contribution in [0.2, 0.25) is 0 Å². The summed E-state index contributed by atoms with van der Waals surface area (Å²) >= 11 is 0. The van der Waals surface area contributed by atoms with Crippen LogP contribution < -0.4 is 10.9 Å². The fraction of sp³-hybridized carbons (Fsp3) is 0.667. The zero-order chi connectivity index (χ0) is 12.1. The number of aryl methyl sites for hydroxylation is 1. The Kier molecular flexibility index (Phi) is 4.14. The lowest BCUT2D eigenvalue weighted by Crippen LogP contribution is -2.16. The van der Waals surface area contributed by atoms with E-state index in [-0.39, 0.29) is 5.56 Å². The van der Waals surface area contributed by atoms with E-state index >= 15 is 0 Å². The summed E-state index contributed by atoms with van der Waals surface area (Å²) < 4.78 is 5.53. The summed E-state index contributed by atoms with van der Waals surface area (Å²) in [5, 5.41) is 3.18. The van der Waals surface area contributed by atoms with Crippen LogP contribution >= 0.6 is 0 Å². The summed E-state index contributed by atoms with van der Waals surface area (Å²) in [7, 11) is 0. The maximum atomic E-state index is 11.3. The van der Waals surface area contributed by atoms with Crippen molar-refractivity contribution in [1.29, 1.82) is 0 Å². The Labute approximate surface area is 101 Å². The zero-order valence-corrected chi connectivity index (χ0v) is 10.2. The highest BCUT2D eigenvalue weighted by molar-refractivity contribution is 5.32. The van der Waals surface area contributed by atoms with Gasteiger partial charge in [-0.25, -0.2) is 4.98 Å². The van der Waals surface area contributed by atoms with E-state index in [0.717, 1.165) is 44.7 Å². The first-order valence-electron chi connectivity index (χ1n) is 6.23. The Hall–Kier alpha value is -1.36. The van der Waals surface area contributed by atoms with Crippen LogP contribution in [-0.2, 0) is 11.2 Å². The van der Waals surface area contributed by atoms with Gasteiger partial charge < -0.3 is 15.0 Å². The molecule has 1 atom stereocenters.